The van der Waals surface area contributed by atoms with Crippen LogP contribution in [0.25, 0.3) is 0 Å². The van der Waals surface area contributed by atoms with Crippen molar-refractivity contribution in [2.24, 2.45) is 0 Å². The topological polar surface area (TPSA) is 82.0 Å². The van der Waals surface area contributed by atoms with E-state index < -0.39 is 15.8 Å². The minimum atomic E-state index is -3.72. The number of nitrogens with zero attached hydrogens (tertiary/aromatic N) is 1. The molecule has 0 unspecified atom stereocenters. The molecule has 0 heterocycles. The lowest BCUT2D eigenvalue weighted by molar-refractivity contribution is 0.559. The van der Waals surface area contributed by atoms with E-state index in [1.807, 2.05) is 13.8 Å². The smallest absolute Gasteiger partial charge is 0.240 e. The quantitative estimate of drug-likeness (QED) is 0.763. The van der Waals surface area contributed by atoms with Crippen LogP contribution in [0.4, 0.5) is 4.39 Å². The summed E-state index contributed by atoms with van der Waals surface area (Å²) < 4.78 is 39.3. The van der Waals surface area contributed by atoms with Gasteiger partial charge in [-0.2, -0.15) is 5.26 Å². The second-order valence-electron chi connectivity index (χ2n) is 4.26. The summed E-state index contributed by atoms with van der Waals surface area (Å²) in [5, 5.41) is 11.7. The third kappa shape index (κ3) is 4.59. The van der Waals surface area contributed by atoms with E-state index in [2.05, 4.69) is 10.0 Å². The van der Waals surface area contributed by atoms with E-state index in [0.29, 0.717) is 6.54 Å². The number of halogens is 1. The van der Waals surface area contributed by atoms with Gasteiger partial charge in [0, 0.05) is 19.1 Å². The normalized spacial score (nSPS) is 11.5. The molecule has 1 aromatic carbocycles. The van der Waals surface area contributed by atoms with E-state index in [9.17, 15) is 12.8 Å². The molecule has 0 saturated carbocycles. The number of nitrogens with one attached hydrogen (secondary N) is 2. The molecule has 5 nitrogen and oxygen atoms in total. The Morgan fingerprint density at radius 1 is 1.37 bits per heavy atom. The zero-order valence-corrected chi connectivity index (χ0v) is 11.6. The maximum Gasteiger partial charge on any atom is 0.240 e. The minimum Gasteiger partial charge on any atom is -0.313 e. The molecular weight excluding hydrogens is 269 g/mol. The summed E-state index contributed by atoms with van der Waals surface area (Å²) >= 11 is 0. The monoisotopic (exact) mass is 285 g/mol. The number of sulfonamides is 1. The Morgan fingerprint density at radius 2 is 2.05 bits per heavy atom. The van der Waals surface area contributed by atoms with Gasteiger partial charge in [-0.25, -0.2) is 17.5 Å². The van der Waals surface area contributed by atoms with E-state index in [4.69, 9.17) is 5.26 Å². The van der Waals surface area contributed by atoms with Crippen LogP contribution in [0.1, 0.15) is 19.4 Å². The molecule has 0 aromatic heterocycles. The molecule has 0 bridgehead atoms. The van der Waals surface area contributed by atoms with Gasteiger partial charge in [0.2, 0.25) is 10.0 Å². The molecule has 0 fully saturated rings. The highest BCUT2D eigenvalue weighted by atomic mass is 32.2. The summed E-state index contributed by atoms with van der Waals surface area (Å²) in [4.78, 5) is -0.116. The van der Waals surface area contributed by atoms with Gasteiger partial charge in [-0.1, -0.05) is 13.8 Å². The van der Waals surface area contributed by atoms with Gasteiger partial charge in [0.05, 0.1) is 10.5 Å². The third-order valence-corrected chi connectivity index (χ3v) is 3.80. The Morgan fingerprint density at radius 3 is 2.63 bits per heavy atom. The lowest BCUT2D eigenvalue weighted by Gasteiger charge is -2.10. The van der Waals surface area contributed by atoms with E-state index in [1.165, 1.54) is 0 Å². The molecule has 0 atom stereocenters. The van der Waals surface area contributed by atoms with Crippen molar-refractivity contribution in [3.63, 3.8) is 0 Å². The van der Waals surface area contributed by atoms with E-state index >= 15 is 0 Å². The first-order valence-electron chi connectivity index (χ1n) is 5.79. The predicted molar refractivity (Wildman–Crippen MR) is 69.4 cm³/mol. The molecular formula is C12H16FN3O2S. The molecule has 19 heavy (non-hydrogen) atoms. The molecule has 0 saturated heterocycles. The van der Waals surface area contributed by atoms with Crippen LogP contribution in [0.3, 0.4) is 0 Å². The van der Waals surface area contributed by atoms with Gasteiger partial charge >= 0.3 is 0 Å². The number of hydrogen-bond acceptors (Lipinski definition) is 4. The fourth-order valence-electron chi connectivity index (χ4n) is 1.39. The Balaban J connectivity index is 2.75. The Bertz CT molecular complexity index is 579. The lowest BCUT2D eigenvalue weighted by atomic mass is 10.2. The Kier molecular flexibility index (Phi) is 5.42. The highest BCUT2D eigenvalue weighted by molar-refractivity contribution is 7.89. The summed E-state index contributed by atoms with van der Waals surface area (Å²) in [6.45, 7) is 4.62. The van der Waals surface area contributed by atoms with Crippen LogP contribution in [0.2, 0.25) is 0 Å². The maximum absolute atomic E-state index is 13.1. The van der Waals surface area contributed by atoms with Crippen molar-refractivity contribution in [3.05, 3.63) is 29.6 Å². The van der Waals surface area contributed by atoms with Crippen LogP contribution >= 0.6 is 0 Å². The number of nitriles is 1. The van der Waals surface area contributed by atoms with Gasteiger partial charge in [-0.15, -0.1) is 0 Å². The molecule has 0 amide bonds. The highest BCUT2D eigenvalue weighted by Gasteiger charge is 2.15. The molecule has 0 spiro atoms. The van der Waals surface area contributed by atoms with Gasteiger partial charge in [0.1, 0.15) is 11.9 Å². The third-order valence-electron chi connectivity index (χ3n) is 2.34. The van der Waals surface area contributed by atoms with Crippen LogP contribution in [-0.2, 0) is 10.0 Å². The molecule has 2 N–H and O–H groups in total. The van der Waals surface area contributed by atoms with Crippen LogP contribution in [0.5, 0.6) is 0 Å². The van der Waals surface area contributed by atoms with E-state index in [0.717, 1.165) is 18.2 Å². The van der Waals surface area contributed by atoms with E-state index in [1.54, 1.807) is 6.07 Å². The maximum atomic E-state index is 13.1. The first-order valence-corrected chi connectivity index (χ1v) is 7.28. The first-order chi connectivity index (χ1) is 8.86. The summed E-state index contributed by atoms with van der Waals surface area (Å²) in [6, 6.07) is 5.00. The summed E-state index contributed by atoms with van der Waals surface area (Å²) in [7, 11) is -3.72. The van der Waals surface area contributed by atoms with Crippen LogP contribution in [0.15, 0.2) is 23.1 Å². The van der Waals surface area contributed by atoms with Crippen molar-refractivity contribution in [3.8, 4) is 6.07 Å². The zero-order valence-electron chi connectivity index (χ0n) is 10.8. The molecule has 104 valence electrons. The van der Waals surface area contributed by atoms with Crippen LogP contribution in [-0.4, -0.2) is 27.5 Å². The number of hydrogen-bond donors (Lipinski definition) is 2. The minimum absolute atomic E-state index is 0.116. The average Bonchev–Trinajstić information content (AvgIpc) is 2.35. The number of benzene rings is 1. The van der Waals surface area contributed by atoms with Crippen LogP contribution < -0.4 is 10.0 Å². The molecule has 7 heteroatoms. The summed E-state index contributed by atoms with van der Waals surface area (Å²) in [5.41, 5.74) is -0.289. The molecule has 1 aromatic rings. The molecule has 0 aliphatic carbocycles. The molecule has 1 rings (SSSR count). The van der Waals surface area contributed by atoms with Crippen molar-refractivity contribution < 1.29 is 12.8 Å². The van der Waals surface area contributed by atoms with Gasteiger partial charge in [0.25, 0.3) is 0 Å². The second kappa shape index (κ2) is 6.61. The van der Waals surface area contributed by atoms with Crippen molar-refractivity contribution in [1.29, 1.82) is 5.26 Å². The summed E-state index contributed by atoms with van der Waals surface area (Å²) in [6.07, 6.45) is 0. The second-order valence-corrected chi connectivity index (χ2v) is 6.03. The largest absolute Gasteiger partial charge is 0.313 e. The van der Waals surface area contributed by atoms with Crippen molar-refractivity contribution in [2.75, 3.05) is 13.1 Å². The molecule has 0 aliphatic rings. The van der Waals surface area contributed by atoms with E-state index in [-0.39, 0.29) is 23.0 Å². The highest BCUT2D eigenvalue weighted by Crippen LogP contribution is 2.13. The van der Waals surface area contributed by atoms with Gasteiger partial charge < -0.3 is 5.32 Å². The standard InChI is InChI=1S/C12H16FN3O2S/c1-9(2)15-5-6-16-19(17,18)11-3-4-12(13)10(7-11)8-14/h3-4,7,9,15-16H,5-6H2,1-2H3. The zero-order chi connectivity index (χ0) is 14.5. The van der Waals surface area contributed by atoms with Gasteiger partial charge in [0.15, 0.2) is 0 Å². The van der Waals surface area contributed by atoms with Gasteiger partial charge in [-0.3, -0.25) is 0 Å². The Hall–Kier alpha value is -1.49. The SMILES string of the molecule is CC(C)NCCNS(=O)(=O)c1ccc(F)c(C#N)c1. The fraction of sp³-hybridized carbons (Fsp3) is 0.417. The molecule has 0 aliphatic heterocycles. The Labute approximate surface area is 112 Å². The number of rotatable bonds is 6. The van der Waals surface area contributed by atoms with Crippen LogP contribution in [0, 0.1) is 17.1 Å². The first kappa shape index (κ1) is 15.6. The summed E-state index contributed by atoms with van der Waals surface area (Å²) in [5.74, 6) is -0.733. The van der Waals surface area contributed by atoms with Gasteiger partial charge in [-0.05, 0) is 18.2 Å². The fourth-order valence-corrected chi connectivity index (χ4v) is 2.44. The van der Waals surface area contributed by atoms with Crippen molar-refractivity contribution >= 4 is 10.0 Å². The van der Waals surface area contributed by atoms with Crippen molar-refractivity contribution in [1.82, 2.24) is 10.0 Å². The lowest BCUT2D eigenvalue weighted by Crippen LogP contribution is -2.34. The predicted octanol–water partition coefficient (Wildman–Crippen LogP) is 0.974. The average molecular weight is 285 g/mol. The molecule has 0 radical (unpaired) electrons. The van der Waals surface area contributed by atoms with Crippen molar-refractivity contribution in [2.45, 2.75) is 24.8 Å².